The van der Waals surface area contributed by atoms with Crippen LogP contribution in [0.1, 0.15) is 54.9 Å². The van der Waals surface area contributed by atoms with E-state index in [2.05, 4.69) is 88.3 Å². The third-order valence-corrected chi connectivity index (χ3v) is 4.15. The van der Waals surface area contributed by atoms with Crippen LogP contribution in [0.25, 0.3) is 0 Å². The summed E-state index contributed by atoms with van der Waals surface area (Å²) >= 11 is 0. The predicted molar refractivity (Wildman–Crippen MR) is 96.5 cm³/mol. The lowest BCUT2D eigenvalue weighted by Gasteiger charge is -2.17. The van der Waals surface area contributed by atoms with E-state index in [9.17, 15) is 0 Å². The van der Waals surface area contributed by atoms with Crippen molar-refractivity contribution in [3.63, 3.8) is 0 Å². The molecule has 2 aromatic carbocycles. The van der Waals surface area contributed by atoms with Gasteiger partial charge in [0.1, 0.15) is 0 Å². The molecule has 0 spiro atoms. The SMILES string of the molecule is CC(C)c1cc(C[C@@H](C)c2ccccc2)cc(CN(C)C)c1. The molecule has 0 saturated heterocycles. The van der Waals surface area contributed by atoms with E-state index in [1.807, 2.05) is 0 Å². The summed E-state index contributed by atoms with van der Waals surface area (Å²) in [6.45, 7) is 7.88. The molecule has 118 valence electrons. The lowest BCUT2D eigenvalue weighted by molar-refractivity contribution is 0.402. The van der Waals surface area contributed by atoms with E-state index in [-0.39, 0.29) is 0 Å². The Morgan fingerprint density at radius 3 is 2.05 bits per heavy atom. The number of rotatable bonds is 6. The van der Waals surface area contributed by atoms with Gasteiger partial charge in [0.25, 0.3) is 0 Å². The summed E-state index contributed by atoms with van der Waals surface area (Å²) in [6, 6.07) is 18.0. The van der Waals surface area contributed by atoms with Gasteiger partial charge in [-0.3, -0.25) is 0 Å². The van der Waals surface area contributed by atoms with Gasteiger partial charge in [-0.05, 0) is 54.6 Å². The van der Waals surface area contributed by atoms with Crippen molar-refractivity contribution in [2.75, 3.05) is 14.1 Å². The van der Waals surface area contributed by atoms with Gasteiger partial charge >= 0.3 is 0 Å². The van der Waals surface area contributed by atoms with Gasteiger partial charge in [0.05, 0.1) is 0 Å². The van der Waals surface area contributed by atoms with Crippen molar-refractivity contribution in [3.8, 4) is 0 Å². The summed E-state index contributed by atoms with van der Waals surface area (Å²) in [5.74, 6) is 1.13. The van der Waals surface area contributed by atoms with Crippen LogP contribution in [0.15, 0.2) is 48.5 Å². The Kier molecular flexibility index (Phi) is 5.79. The van der Waals surface area contributed by atoms with Crippen molar-refractivity contribution in [1.82, 2.24) is 4.90 Å². The summed E-state index contributed by atoms with van der Waals surface area (Å²) in [5.41, 5.74) is 5.76. The summed E-state index contributed by atoms with van der Waals surface area (Å²) in [6.07, 6.45) is 1.10. The molecule has 1 atom stereocenters. The van der Waals surface area contributed by atoms with Crippen LogP contribution in [0.2, 0.25) is 0 Å². The first-order chi connectivity index (χ1) is 10.5. The van der Waals surface area contributed by atoms with E-state index in [0.717, 1.165) is 13.0 Å². The molecule has 2 aromatic rings. The minimum atomic E-state index is 0.552. The Labute approximate surface area is 136 Å². The van der Waals surface area contributed by atoms with Crippen molar-refractivity contribution in [2.24, 2.45) is 0 Å². The zero-order valence-corrected chi connectivity index (χ0v) is 14.6. The molecule has 0 bridgehead atoms. The fraction of sp³-hybridized carbons (Fsp3) is 0.429. The first kappa shape index (κ1) is 16.8. The average molecular weight is 295 g/mol. The molecule has 0 fully saturated rings. The van der Waals surface area contributed by atoms with Crippen molar-refractivity contribution >= 4 is 0 Å². The normalized spacial score (nSPS) is 12.9. The summed E-state index contributed by atoms with van der Waals surface area (Å²) in [5, 5.41) is 0. The van der Waals surface area contributed by atoms with E-state index in [0.29, 0.717) is 11.8 Å². The summed E-state index contributed by atoms with van der Waals surface area (Å²) in [7, 11) is 4.27. The quantitative estimate of drug-likeness (QED) is 0.706. The molecule has 1 nitrogen and oxygen atoms in total. The first-order valence-corrected chi connectivity index (χ1v) is 8.28. The van der Waals surface area contributed by atoms with Gasteiger partial charge in [-0.1, -0.05) is 69.3 Å². The molecule has 0 saturated carbocycles. The van der Waals surface area contributed by atoms with Crippen LogP contribution in [0, 0.1) is 0 Å². The average Bonchev–Trinajstić information content (AvgIpc) is 2.47. The van der Waals surface area contributed by atoms with Crippen LogP contribution in [-0.2, 0) is 13.0 Å². The van der Waals surface area contributed by atoms with Crippen LogP contribution in [0.5, 0.6) is 0 Å². The zero-order chi connectivity index (χ0) is 16.1. The highest BCUT2D eigenvalue weighted by Gasteiger charge is 2.10. The first-order valence-electron chi connectivity index (χ1n) is 8.28. The van der Waals surface area contributed by atoms with Crippen LogP contribution in [0.3, 0.4) is 0 Å². The number of hydrogen-bond acceptors (Lipinski definition) is 1. The Morgan fingerprint density at radius 2 is 1.45 bits per heavy atom. The molecular formula is C21H29N. The van der Waals surface area contributed by atoms with Gasteiger partial charge in [0.15, 0.2) is 0 Å². The fourth-order valence-corrected chi connectivity index (χ4v) is 2.95. The van der Waals surface area contributed by atoms with E-state index >= 15 is 0 Å². The van der Waals surface area contributed by atoms with Gasteiger partial charge in [0, 0.05) is 6.54 Å². The maximum atomic E-state index is 2.39. The molecule has 0 amide bonds. The van der Waals surface area contributed by atoms with Crippen LogP contribution in [0.4, 0.5) is 0 Å². The second-order valence-corrected chi connectivity index (χ2v) is 6.99. The van der Waals surface area contributed by atoms with Gasteiger partial charge in [-0.25, -0.2) is 0 Å². The van der Waals surface area contributed by atoms with Gasteiger partial charge in [-0.2, -0.15) is 0 Å². The second kappa shape index (κ2) is 7.60. The third kappa shape index (κ3) is 4.71. The van der Waals surface area contributed by atoms with Crippen LogP contribution < -0.4 is 0 Å². The van der Waals surface area contributed by atoms with Crippen LogP contribution in [-0.4, -0.2) is 19.0 Å². The van der Waals surface area contributed by atoms with E-state index in [1.54, 1.807) is 0 Å². The largest absolute Gasteiger partial charge is 0.305 e. The lowest BCUT2D eigenvalue weighted by Crippen LogP contribution is -2.11. The van der Waals surface area contributed by atoms with E-state index < -0.39 is 0 Å². The Bertz CT molecular complexity index is 584. The highest BCUT2D eigenvalue weighted by molar-refractivity contribution is 5.33. The van der Waals surface area contributed by atoms with Gasteiger partial charge < -0.3 is 4.90 Å². The standard InChI is InChI=1S/C21H29N/c1-16(2)21-13-18(12-19(14-21)15-22(4)5)11-17(3)20-9-7-6-8-10-20/h6-10,12-14,16-17H,11,15H2,1-5H3/t17-/m1/s1. The monoisotopic (exact) mass is 295 g/mol. The number of hydrogen-bond donors (Lipinski definition) is 0. The zero-order valence-electron chi connectivity index (χ0n) is 14.6. The number of nitrogens with zero attached hydrogens (tertiary/aromatic N) is 1. The fourth-order valence-electron chi connectivity index (χ4n) is 2.95. The Balaban J connectivity index is 2.23. The van der Waals surface area contributed by atoms with Crippen LogP contribution >= 0.6 is 0 Å². The van der Waals surface area contributed by atoms with Crippen molar-refractivity contribution < 1.29 is 0 Å². The molecule has 0 aliphatic rings. The molecule has 0 unspecified atom stereocenters. The van der Waals surface area contributed by atoms with Gasteiger partial charge in [-0.15, -0.1) is 0 Å². The lowest BCUT2D eigenvalue weighted by atomic mass is 9.90. The highest BCUT2D eigenvalue weighted by Crippen LogP contribution is 2.24. The molecule has 0 radical (unpaired) electrons. The third-order valence-electron chi connectivity index (χ3n) is 4.15. The molecule has 2 rings (SSSR count). The molecule has 0 aliphatic carbocycles. The van der Waals surface area contributed by atoms with Crippen molar-refractivity contribution in [3.05, 3.63) is 70.8 Å². The Morgan fingerprint density at radius 1 is 0.818 bits per heavy atom. The summed E-state index contributed by atoms with van der Waals surface area (Å²) < 4.78 is 0. The second-order valence-electron chi connectivity index (χ2n) is 6.99. The predicted octanol–water partition coefficient (Wildman–Crippen LogP) is 5.22. The highest BCUT2D eigenvalue weighted by atomic mass is 15.0. The molecule has 22 heavy (non-hydrogen) atoms. The smallest absolute Gasteiger partial charge is 0.0227 e. The molecule has 0 heterocycles. The van der Waals surface area contributed by atoms with Crippen molar-refractivity contribution in [2.45, 2.75) is 45.6 Å². The molecule has 0 aliphatic heterocycles. The molecule has 0 aromatic heterocycles. The Hall–Kier alpha value is -1.60. The van der Waals surface area contributed by atoms with E-state index in [4.69, 9.17) is 0 Å². The molecular weight excluding hydrogens is 266 g/mol. The molecule has 1 heteroatoms. The number of benzene rings is 2. The minimum absolute atomic E-state index is 0.552. The maximum absolute atomic E-state index is 2.39. The van der Waals surface area contributed by atoms with Crippen molar-refractivity contribution in [1.29, 1.82) is 0 Å². The molecule has 0 N–H and O–H groups in total. The summed E-state index contributed by atoms with van der Waals surface area (Å²) in [4.78, 5) is 2.24. The minimum Gasteiger partial charge on any atom is -0.305 e. The van der Waals surface area contributed by atoms with E-state index in [1.165, 1.54) is 22.3 Å². The topological polar surface area (TPSA) is 3.24 Å². The van der Waals surface area contributed by atoms with Gasteiger partial charge in [0.2, 0.25) is 0 Å². The maximum Gasteiger partial charge on any atom is 0.0227 e.